The fourth-order valence-electron chi connectivity index (χ4n) is 1.06. The highest BCUT2D eigenvalue weighted by atomic mass is 35.5. The fraction of sp³-hybridized carbons (Fsp3) is 0.333. The van der Waals surface area contributed by atoms with E-state index in [1.54, 1.807) is 0 Å². The molecule has 0 aliphatic carbocycles. The Balaban J connectivity index is 2.87. The van der Waals surface area contributed by atoms with Gasteiger partial charge >= 0.3 is 12.1 Å². The van der Waals surface area contributed by atoms with Gasteiger partial charge in [0, 0.05) is 5.38 Å². The Labute approximate surface area is 109 Å². The summed E-state index contributed by atoms with van der Waals surface area (Å²) in [6.07, 6.45) is -6.28. The molecule has 0 aliphatic heterocycles. The largest absolute Gasteiger partial charge is 0.465 e. The number of alkyl halides is 3. The first-order valence-corrected chi connectivity index (χ1v) is 5.72. The molecule has 0 atom stereocenters. The number of anilines is 1. The normalized spacial score (nSPS) is 11.2. The Bertz CT molecular complexity index is 472. The van der Waals surface area contributed by atoms with E-state index < -0.39 is 24.5 Å². The molecule has 0 fully saturated rings. The van der Waals surface area contributed by atoms with Crippen molar-refractivity contribution in [3.05, 3.63) is 15.3 Å². The van der Waals surface area contributed by atoms with E-state index in [2.05, 4.69) is 4.74 Å². The molecule has 0 radical (unpaired) electrons. The summed E-state index contributed by atoms with van der Waals surface area (Å²) >= 11 is 6.53. The molecule has 4 nitrogen and oxygen atoms in total. The van der Waals surface area contributed by atoms with E-state index in [0.29, 0.717) is 0 Å². The van der Waals surface area contributed by atoms with E-state index in [-0.39, 0.29) is 15.6 Å². The predicted octanol–water partition coefficient (Wildman–Crippen LogP) is 3.08. The van der Waals surface area contributed by atoms with Crippen molar-refractivity contribution >= 4 is 40.5 Å². The van der Waals surface area contributed by atoms with Crippen molar-refractivity contribution in [2.24, 2.45) is 0 Å². The number of nitrogens with one attached hydrogen (secondary N) is 1. The first-order chi connectivity index (χ1) is 8.24. The summed E-state index contributed by atoms with van der Waals surface area (Å²) in [6, 6.07) is 0. The molecule has 18 heavy (non-hydrogen) atoms. The van der Waals surface area contributed by atoms with Gasteiger partial charge in [-0.15, -0.1) is 11.3 Å². The third-order valence-electron chi connectivity index (χ3n) is 1.74. The number of thiophene rings is 1. The van der Waals surface area contributed by atoms with Crippen LogP contribution < -0.4 is 5.32 Å². The van der Waals surface area contributed by atoms with E-state index in [9.17, 15) is 22.8 Å². The average Bonchev–Trinajstić information content (AvgIpc) is 2.57. The van der Waals surface area contributed by atoms with Gasteiger partial charge in [-0.3, -0.25) is 4.79 Å². The Morgan fingerprint density at radius 3 is 2.61 bits per heavy atom. The molecule has 0 saturated heterocycles. The summed E-state index contributed by atoms with van der Waals surface area (Å²) in [7, 11) is 1.11. The number of halogens is 4. The van der Waals surface area contributed by atoms with Crippen LogP contribution in [0, 0.1) is 0 Å². The zero-order chi connectivity index (χ0) is 13.9. The summed E-state index contributed by atoms with van der Waals surface area (Å²) in [5, 5.41) is 3.25. The predicted molar refractivity (Wildman–Crippen MR) is 60.0 cm³/mol. The van der Waals surface area contributed by atoms with Gasteiger partial charge < -0.3 is 10.1 Å². The lowest BCUT2D eigenvalue weighted by Gasteiger charge is -2.08. The first kappa shape index (κ1) is 14.8. The van der Waals surface area contributed by atoms with E-state index in [0.717, 1.165) is 18.4 Å². The highest BCUT2D eigenvalue weighted by Crippen LogP contribution is 2.33. The van der Waals surface area contributed by atoms with E-state index in [4.69, 9.17) is 11.6 Å². The van der Waals surface area contributed by atoms with Crippen LogP contribution in [0.25, 0.3) is 0 Å². The van der Waals surface area contributed by atoms with Crippen LogP contribution in [0.1, 0.15) is 16.1 Å². The molecule has 0 aliphatic rings. The maximum absolute atomic E-state index is 12.0. The Kier molecular flexibility index (Phi) is 4.58. The molecule has 1 amide bonds. The van der Waals surface area contributed by atoms with Gasteiger partial charge in [0.15, 0.2) is 0 Å². The molecule has 100 valence electrons. The van der Waals surface area contributed by atoms with E-state index >= 15 is 0 Å². The van der Waals surface area contributed by atoms with Crippen molar-refractivity contribution in [1.29, 1.82) is 0 Å². The minimum absolute atomic E-state index is 0.0177. The maximum Gasteiger partial charge on any atom is 0.397 e. The smallest absolute Gasteiger partial charge is 0.397 e. The van der Waals surface area contributed by atoms with Gasteiger partial charge in [-0.2, -0.15) is 13.2 Å². The van der Waals surface area contributed by atoms with Gasteiger partial charge in [0.25, 0.3) is 0 Å². The van der Waals surface area contributed by atoms with Crippen LogP contribution in [0.5, 0.6) is 0 Å². The third-order valence-corrected chi connectivity index (χ3v) is 3.13. The molecule has 0 bridgehead atoms. The molecule has 1 aromatic rings. The third kappa shape index (κ3) is 3.88. The number of hydrogen-bond acceptors (Lipinski definition) is 4. The van der Waals surface area contributed by atoms with E-state index in [1.807, 2.05) is 5.32 Å². The highest BCUT2D eigenvalue weighted by Gasteiger charge is 2.32. The lowest BCUT2D eigenvalue weighted by Crippen LogP contribution is -2.22. The molecular formula is C9H7ClF3NO3S. The standard InChI is InChI=1S/C9H7ClF3NO3S/c1-17-8(16)7-6(4(10)3-18-7)14-5(15)2-9(11,12)13/h3H,2H2,1H3,(H,14,15). The van der Waals surface area contributed by atoms with Crippen LogP contribution in [0.3, 0.4) is 0 Å². The second-order valence-electron chi connectivity index (χ2n) is 3.12. The fourth-order valence-corrected chi connectivity index (χ4v) is 2.19. The SMILES string of the molecule is COC(=O)c1scc(Cl)c1NC(=O)CC(F)(F)F. The van der Waals surface area contributed by atoms with Crippen LogP contribution >= 0.6 is 22.9 Å². The Morgan fingerprint density at radius 1 is 1.50 bits per heavy atom. The molecular weight excluding hydrogens is 295 g/mol. The second kappa shape index (κ2) is 5.57. The first-order valence-electron chi connectivity index (χ1n) is 4.46. The number of ether oxygens (including phenoxy) is 1. The lowest BCUT2D eigenvalue weighted by atomic mass is 10.3. The highest BCUT2D eigenvalue weighted by molar-refractivity contribution is 7.13. The quantitative estimate of drug-likeness (QED) is 0.873. The van der Waals surface area contributed by atoms with Crippen LogP contribution in [0.4, 0.5) is 18.9 Å². The monoisotopic (exact) mass is 301 g/mol. The Morgan fingerprint density at radius 2 is 2.11 bits per heavy atom. The van der Waals surface area contributed by atoms with Crippen LogP contribution in [-0.4, -0.2) is 25.2 Å². The second-order valence-corrected chi connectivity index (χ2v) is 4.41. The molecule has 9 heteroatoms. The molecule has 0 unspecified atom stereocenters. The molecule has 1 rings (SSSR count). The molecule has 1 aromatic heterocycles. The summed E-state index contributed by atoms with van der Waals surface area (Å²) in [5.41, 5.74) is -0.164. The van der Waals surface area contributed by atoms with Crippen molar-refractivity contribution in [2.75, 3.05) is 12.4 Å². The number of rotatable bonds is 3. The summed E-state index contributed by atoms with van der Waals surface area (Å²) in [4.78, 5) is 22.3. The van der Waals surface area contributed by atoms with Crippen molar-refractivity contribution in [3.8, 4) is 0 Å². The molecule has 0 saturated carbocycles. The van der Waals surface area contributed by atoms with Crippen LogP contribution in [0.2, 0.25) is 5.02 Å². The number of hydrogen-bond donors (Lipinski definition) is 1. The molecule has 1 heterocycles. The van der Waals surface area contributed by atoms with Crippen molar-refractivity contribution in [3.63, 3.8) is 0 Å². The van der Waals surface area contributed by atoms with Gasteiger partial charge in [0.2, 0.25) is 5.91 Å². The molecule has 0 aromatic carbocycles. The number of carbonyl (C=O) groups is 2. The van der Waals surface area contributed by atoms with E-state index in [1.165, 1.54) is 5.38 Å². The van der Waals surface area contributed by atoms with Crippen molar-refractivity contribution in [1.82, 2.24) is 0 Å². The lowest BCUT2D eigenvalue weighted by molar-refractivity contribution is -0.150. The van der Waals surface area contributed by atoms with Gasteiger partial charge in [-0.1, -0.05) is 11.6 Å². The van der Waals surface area contributed by atoms with Crippen LogP contribution in [0.15, 0.2) is 5.38 Å². The molecule has 0 spiro atoms. The van der Waals surface area contributed by atoms with Gasteiger partial charge in [0.05, 0.1) is 17.8 Å². The zero-order valence-corrected chi connectivity index (χ0v) is 10.5. The van der Waals surface area contributed by atoms with Crippen LogP contribution in [-0.2, 0) is 9.53 Å². The topological polar surface area (TPSA) is 55.4 Å². The van der Waals surface area contributed by atoms with Crippen molar-refractivity contribution in [2.45, 2.75) is 12.6 Å². The van der Waals surface area contributed by atoms with Gasteiger partial charge in [0.1, 0.15) is 11.3 Å². The van der Waals surface area contributed by atoms with Crippen molar-refractivity contribution < 1.29 is 27.5 Å². The maximum atomic E-state index is 12.0. The molecule has 1 N–H and O–H groups in total. The minimum Gasteiger partial charge on any atom is -0.465 e. The van der Waals surface area contributed by atoms with Gasteiger partial charge in [-0.05, 0) is 0 Å². The number of methoxy groups -OCH3 is 1. The number of esters is 1. The van der Waals surface area contributed by atoms with Gasteiger partial charge in [-0.25, -0.2) is 4.79 Å². The average molecular weight is 302 g/mol. The Hall–Kier alpha value is -1.28. The summed E-state index contributed by atoms with van der Waals surface area (Å²) < 4.78 is 40.3. The summed E-state index contributed by atoms with van der Waals surface area (Å²) in [6.45, 7) is 0. The minimum atomic E-state index is -4.63. The zero-order valence-electron chi connectivity index (χ0n) is 8.93. The number of carbonyl (C=O) groups excluding carboxylic acids is 2. The number of amides is 1. The summed E-state index contributed by atoms with van der Waals surface area (Å²) in [5.74, 6) is -2.08.